The topological polar surface area (TPSA) is 106 Å². The average Bonchev–Trinajstić information content (AvgIpc) is 2.39. The number of nitrogen functional groups attached to an aromatic ring is 1. The van der Waals surface area contributed by atoms with Crippen molar-refractivity contribution in [3.8, 4) is 0 Å². The van der Waals surface area contributed by atoms with Crippen molar-refractivity contribution in [3.63, 3.8) is 0 Å². The zero-order chi connectivity index (χ0) is 14.8. The summed E-state index contributed by atoms with van der Waals surface area (Å²) in [5.41, 5.74) is 11.3. The van der Waals surface area contributed by atoms with Crippen molar-refractivity contribution in [2.45, 2.75) is 4.90 Å². The van der Waals surface area contributed by atoms with E-state index in [1.807, 2.05) is 0 Å². The van der Waals surface area contributed by atoms with Crippen LogP contribution in [0.15, 0.2) is 59.5 Å². The number of primary amides is 1. The number of hydrogen-bond donors (Lipinski definition) is 2. The smallest absolute Gasteiger partial charge is 0.333 e. The van der Waals surface area contributed by atoms with Gasteiger partial charge in [0.15, 0.2) is 0 Å². The lowest BCUT2D eigenvalue weighted by Crippen LogP contribution is -2.40. The van der Waals surface area contributed by atoms with Gasteiger partial charge < -0.3 is 11.5 Å². The van der Waals surface area contributed by atoms with Gasteiger partial charge >= 0.3 is 6.03 Å². The summed E-state index contributed by atoms with van der Waals surface area (Å²) in [5.74, 6) is 0. The maximum atomic E-state index is 12.5. The standard InChI is InChI=1S/C13H13N3O3S/c14-10-6-8-12(9-7-10)20(18,19)16(13(15)17)11-4-2-1-3-5-11/h1-9H,14H2,(H2,15,17). The van der Waals surface area contributed by atoms with Crippen LogP contribution in [0.25, 0.3) is 0 Å². The minimum Gasteiger partial charge on any atom is -0.399 e. The Morgan fingerprint density at radius 1 is 0.950 bits per heavy atom. The Morgan fingerprint density at radius 3 is 2.00 bits per heavy atom. The fourth-order valence-electron chi connectivity index (χ4n) is 1.69. The van der Waals surface area contributed by atoms with E-state index in [1.165, 1.54) is 36.4 Å². The molecule has 0 aliphatic carbocycles. The molecule has 6 nitrogen and oxygen atoms in total. The van der Waals surface area contributed by atoms with Crippen LogP contribution < -0.4 is 15.8 Å². The summed E-state index contributed by atoms with van der Waals surface area (Å²) in [7, 11) is -4.07. The Hall–Kier alpha value is -2.54. The second kappa shape index (κ2) is 5.22. The van der Waals surface area contributed by atoms with E-state index in [2.05, 4.69) is 0 Å². The molecule has 2 amide bonds. The monoisotopic (exact) mass is 291 g/mol. The number of rotatable bonds is 3. The molecule has 0 aliphatic rings. The molecule has 2 aromatic rings. The first-order chi connectivity index (χ1) is 9.43. The summed E-state index contributed by atoms with van der Waals surface area (Å²) in [5, 5.41) is 0. The lowest BCUT2D eigenvalue weighted by molar-refractivity contribution is 0.257. The van der Waals surface area contributed by atoms with Crippen LogP contribution >= 0.6 is 0 Å². The van der Waals surface area contributed by atoms with Gasteiger partial charge in [0.25, 0.3) is 10.0 Å². The van der Waals surface area contributed by atoms with Crippen molar-refractivity contribution in [3.05, 3.63) is 54.6 Å². The zero-order valence-corrected chi connectivity index (χ0v) is 11.2. The van der Waals surface area contributed by atoms with Gasteiger partial charge in [-0.15, -0.1) is 0 Å². The number of nitrogens with two attached hydrogens (primary N) is 2. The highest BCUT2D eigenvalue weighted by Crippen LogP contribution is 2.23. The molecule has 2 rings (SSSR count). The zero-order valence-electron chi connectivity index (χ0n) is 10.4. The van der Waals surface area contributed by atoms with Crippen molar-refractivity contribution in [1.29, 1.82) is 0 Å². The Labute approximate surface area is 116 Å². The van der Waals surface area contributed by atoms with E-state index in [0.29, 0.717) is 9.99 Å². The lowest BCUT2D eigenvalue weighted by atomic mass is 10.3. The van der Waals surface area contributed by atoms with Crippen molar-refractivity contribution < 1.29 is 13.2 Å². The van der Waals surface area contributed by atoms with Crippen LogP contribution in [0.2, 0.25) is 0 Å². The molecule has 0 unspecified atom stereocenters. The number of para-hydroxylation sites is 1. The molecule has 0 spiro atoms. The van der Waals surface area contributed by atoms with E-state index >= 15 is 0 Å². The molecule has 0 saturated carbocycles. The van der Waals surface area contributed by atoms with Gasteiger partial charge in [-0.3, -0.25) is 0 Å². The van der Waals surface area contributed by atoms with Crippen LogP contribution in [0.3, 0.4) is 0 Å². The molecular weight excluding hydrogens is 278 g/mol. The summed E-state index contributed by atoms with van der Waals surface area (Å²) in [6.45, 7) is 0. The number of benzene rings is 2. The largest absolute Gasteiger partial charge is 0.399 e. The first-order valence-corrected chi connectivity index (χ1v) is 7.12. The van der Waals surface area contributed by atoms with Crippen LogP contribution in [0, 0.1) is 0 Å². The van der Waals surface area contributed by atoms with Crippen molar-refractivity contribution in [2.75, 3.05) is 10.0 Å². The van der Waals surface area contributed by atoms with Crippen LogP contribution in [0.4, 0.5) is 16.2 Å². The van der Waals surface area contributed by atoms with Gasteiger partial charge in [-0.2, -0.15) is 4.31 Å². The maximum Gasteiger partial charge on any atom is 0.333 e. The van der Waals surface area contributed by atoms with Crippen LogP contribution in [-0.2, 0) is 10.0 Å². The highest BCUT2D eigenvalue weighted by Gasteiger charge is 2.29. The van der Waals surface area contributed by atoms with E-state index in [0.717, 1.165) is 0 Å². The predicted octanol–water partition coefficient (Wildman–Crippen LogP) is 1.54. The minimum absolute atomic E-state index is 0.0608. The summed E-state index contributed by atoms with van der Waals surface area (Å²) >= 11 is 0. The molecule has 7 heteroatoms. The van der Waals surface area contributed by atoms with E-state index < -0.39 is 16.1 Å². The Bertz CT molecular complexity index is 712. The predicted molar refractivity (Wildman–Crippen MR) is 76.5 cm³/mol. The van der Waals surface area contributed by atoms with Gasteiger partial charge in [-0.05, 0) is 36.4 Å². The minimum atomic E-state index is -4.07. The maximum absolute atomic E-state index is 12.5. The number of hydrogen-bond acceptors (Lipinski definition) is 4. The molecule has 0 saturated heterocycles. The van der Waals surface area contributed by atoms with Gasteiger partial charge in [0.1, 0.15) is 0 Å². The summed E-state index contributed by atoms with van der Waals surface area (Å²) in [4.78, 5) is 11.5. The fourth-order valence-corrected chi connectivity index (χ4v) is 3.02. The highest BCUT2D eigenvalue weighted by atomic mass is 32.2. The lowest BCUT2D eigenvalue weighted by Gasteiger charge is -2.20. The number of nitrogens with zero attached hydrogens (tertiary/aromatic N) is 1. The molecule has 0 aliphatic heterocycles. The third-order valence-electron chi connectivity index (χ3n) is 2.61. The molecule has 0 fully saturated rings. The number of amides is 2. The molecule has 0 heterocycles. The SMILES string of the molecule is NC(=O)N(c1ccccc1)S(=O)(=O)c1ccc(N)cc1. The van der Waals surface area contributed by atoms with Gasteiger partial charge in [-0.1, -0.05) is 18.2 Å². The first-order valence-electron chi connectivity index (χ1n) is 5.68. The van der Waals surface area contributed by atoms with E-state index in [4.69, 9.17) is 11.5 Å². The van der Waals surface area contributed by atoms with E-state index in [9.17, 15) is 13.2 Å². The highest BCUT2D eigenvalue weighted by molar-refractivity contribution is 7.93. The third kappa shape index (κ3) is 2.57. The number of anilines is 2. The van der Waals surface area contributed by atoms with E-state index in [1.54, 1.807) is 18.2 Å². The second-order valence-electron chi connectivity index (χ2n) is 4.01. The third-order valence-corrected chi connectivity index (χ3v) is 4.35. The molecule has 0 atom stereocenters. The molecule has 0 bridgehead atoms. The molecule has 20 heavy (non-hydrogen) atoms. The van der Waals surface area contributed by atoms with Gasteiger partial charge in [-0.25, -0.2) is 13.2 Å². The molecule has 0 aromatic heterocycles. The number of sulfonamides is 1. The Balaban J connectivity index is 2.54. The molecule has 2 aromatic carbocycles. The number of urea groups is 1. The summed E-state index contributed by atoms with van der Waals surface area (Å²) < 4.78 is 25.5. The summed E-state index contributed by atoms with van der Waals surface area (Å²) in [6, 6.07) is 12.4. The van der Waals surface area contributed by atoms with Gasteiger partial charge in [0.05, 0.1) is 10.6 Å². The van der Waals surface area contributed by atoms with Crippen molar-refractivity contribution >= 4 is 27.4 Å². The normalized spacial score (nSPS) is 11.0. The number of carbonyl (C=O) groups is 1. The Morgan fingerprint density at radius 2 is 1.50 bits per heavy atom. The van der Waals surface area contributed by atoms with Crippen LogP contribution in [-0.4, -0.2) is 14.4 Å². The fraction of sp³-hybridized carbons (Fsp3) is 0. The molecule has 0 radical (unpaired) electrons. The quantitative estimate of drug-likeness (QED) is 0.836. The van der Waals surface area contributed by atoms with Crippen LogP contribution in [0.5, 0.6) is 0 Å². The van der Waals surface area contributed by atoms with Crippen molar-refractivity contribution in [1.82, 2.24) is 0 Å². The average molecular weight is 291 g/mol. The first kappa shape index (κ1) is 13.9. The van der Waals surface area contributed by atoms with E-state index in [-0.39, 0.29) is 10.6 Å². The molecule has 104 valence electrons. The van der Waals surface area contributed by atoms with Crippen molar-refractivity contribution in [2.24, 2.45) is 5.73 Å². The second-order valence-corrected chi connectivity index (χ2v) is 5.80. The van der Waals surface area contributed by atoms with Gasteiger partial charge in [0, 0.05) is 5.69 Å². The number of carbonyl (C=O) groups excluding carboxylic acids is 1. The van der Waals surface area contributed by atoms with Crippen LogP contribution in [0.1, 0.15) is 0 Å². The molecular formula is C13H13N3O3S. The summed E-state index contributed by atoms with van der Waals surface area (Å²) in [6.07, 6.45) is 0. The van der Waals surface area contributed by atoms with Gasteiger partial charge in [0.2, 0.25) is 0 Å². The Kier molecular flexibility index (Phi) is 3.62. The molecule has 4 N–H and O–H groups in total.